The van der Waals surface area contributed by atoms with E-state index in [1.54, 1.807) is 0 Å². The van der Waals surface area contributed by atoms with E-state index in [9.17, 15) is 4.79 Å². The van der Waals surface area contributed by atoms with E-state index in [2.05, 4.69) is 5.32 Å². The molecule has 0 saturated heterocycles. The van der Waals surface area contributed by atoms with Gasteiger partial charge >= 0.3 is 6.03 Å². The van der Waals surface area contributed by atoms with Gasteiger partial charge in [-0.05, 0) is 19.4 Å². The van der Waals surface area contributed by atoms with E-state index in [0.717, 1.165) is 5.56 Å². The predicted octanol–water partition coefficient (Wildman–Crippen LogP) is 1.54. The second-order valence-corrected chi connectivity index (χ2v) is 4.39. The molecule has 98 valence electrons. The Bertz CT molecular complexity index is 403. The highest BCUT2D eigenvalue weighted by Gasteiger charge is 2.17. The van der Waals surface area contributed by atoms with Crippen molar-refractivity contribution in [1.29, 1.82) is 5.41 Å². The fraction of sp³-hybridized carbons (Fsp3) is 0.385. The number of hydrogen-bond acceptors (Lipinski definition) is 2. The highest BCUT2D eigenvalue weighted by Crippen LogP contribution is 2.01. The van der Waals surface area contributed by atoms with Gasteiger partial charge in [0.15, 0.2) is 0 Å². The van der Waals surface area contributed by atoms with E-state index >= 15 is 0 Å². The maximum Gasteiger partial charge on any atom is 0.318 e. The van der Waals surface area contributed by atoms with E-state index in [0.29, 0.717) is 6.54 Å². The summed E-state index contributed by atoms with van der Waals surface area (Å²) < 4.78 is 0. The Labute approximate surface area is 107 Å². The summed E-state index contributed by atoms with van der Waals surface area (Å²) in [5.74, 6) is -0.0152. The minimum absolute atomic E-state index is 0.00433. The lowest BCUT2D eigenvalue weighted by Crippen LogP contribution is -2.47. The summed E-state index contributed by atoms with van der Waals surface area (Å²) in [4.78, 5) is 13.5. The normalized spacial score (nSPS) is 10.2. The van der Waals surface area contributed by atoms with Gasteiger partial charge in [-0.3, -0.25) is 5.41 Å². The van der Waals surface area contributed by atoms with Crippen molar-refractivity contribution in [2.75, 3.05) is 6.54 Å². The van der Waals surface area contributed by atoms with Crippen molar-refractivity contribution in [3.05, 3.63) is 35.9 Å². The Morgan fingerprint density at radius 2 is 2.00 bits per heavy atom. The molecule has 0 heterocycles. The van der Waals surface area contributed by atoms with Crippen molar-refractivity contribution in [3.63, 3.8) is 0 Å². The zero-order valence-electron chi connectivity index (χ0n) is 10.8. The number of carbonyl (C=O) groups excluding carboxylic acids is 1. The van der Waals surface area contributed by atoms with Crippen molar-refractivity contribution in [3.8, 4) is 0 Å². The van der Waals surface area contributed by atoms with Crippen LogP contribution in [0.4, 0.5) is 4.79 Å². The molecule has 0 unspecified atom stereocenters. The Kier molecular flexibility index (Phi) is 5.17. The first kappa shape index (κ1) is 14.0. The van der Waals surface area contributed by atoms with Gasteiger partial charge in [0.2, 0.25) is 0 Å². The fourth-order valence-electron chi connectivity index (χ4n) is 1.55. The number of benzene rings is 1. The molecule has 0 aliphatic heterocycles. The molecule has 0 bridgehead atoms. The van der Waals surface area contributed by atoms with Gasteiger partial charge in [0, 0.05) is 12.6 Å². The van der Waals surface area contributed by atoms with Gasteiger partial charge in [0.25, 0.3) is 0 Å². The van der Waals surface area contributed by atoms with E-state index < -0.39 is 0 Å². The second-order valence-electron chi connectivity index (χ2n) is 4.39. The summed E-state index contributed by atoms with van der Waals surface area (Å²) in [5, 5.41) is 10.1. The van der Waals surface area contributed by atoms with Crippen molar-refractivity contribution < 1.29 is 4.79 Å². The van der Waals surface area contributed by atoms with Crippen molar-refractivity contribution in [2.24, 2.45) is 5.73 Å². The number of nitrogens with one attached hydrogen (secondary N) is 2. The van der Waals surface area contributed by atoms with Crippen LogP contribution in [0, 0.1) is 5.41 Å². The van der Waals surface area contributed by atoms with Crippen LogP contribution < -0.4 is 11.1 Å². The Hall–Kier alpha value is -2.04. The number of amidine groups is 1. The van der Waals surface area contributed by atoms with E-state index in [4.69, 9.17) is 11.1 Å². The van der Waals surface area contributed by atoms with Crippen LogP contribution in [-0.4, -0.2) is 29.4 Å². The number of nitrogens with zero attached hydrogens (tertiary/aromatic N) is 1. The largest absolute Gasteiger partial charge is 0.386 e. The highest BCUT2D eigenvalue weighted by molar-refractivity contribution is 5.84. The SMILES string of the molecule is CC(C)N(CC(=N)N)C(=O)NCc1ccccc1. The molecule has 0 fully saturated rings. The molecular weight excluding hydrogens is 228 g/mol. The smallest absolute Gasteiger partial charge is 0.318 e. The lowest BCUT2D eigenvalue weighted by atomic mass is 10.2. The van der Waals surface area contributed by atoms with Gasteiger partial charge in [-0.1, -0.05) is 30.3 Å². The zero-order valence-corrected chi connectivity index (χ0v) is 10.8. The molecule has 5 heteroatoms. The van der Waals surface area contributed by atoms with Gasteiger partial charge in [-0.2, -0.15) is 0 Å². The van der Waals surface area contributed by atoms with Crippen molar-refractivity contribution in [1.82, 2.24) is 10.2 Å². The highest BCUT2D eigenvalue weighted by atomic mass is 16.2. The standard InChI is InChI=1S/C13H20N4O/c1-10(2)17(9-12(14)15)13(18)16-8-11-6-4-3-5-7-11/h3-7,10H,8-9H2,1-2H3,(H3,14,15)(H,16,18). The lowest BCUT2D eigenvalue weighted by Gasteiger charge is -2.26. The number of carbonyl (C=O) groups is 1. The maximum absolute atomic E-state index is 12.0. The minimum Gasteiger partial charge on any atom is -0.386 e. The van der Waals surface area contributed by atoms with Crippen LogP contribution in [0.3, 0.4) is 0 Å². The molecule has 18 heavy (non-hydrogen) atoms. The van der Waals surface area contributed by atoms with Gasteiger partial charge in [-0.25, -0.2) is 4.79 Å². The summed E-state index contributed by atoms with van der Waals surface area (Å²) in [6.07, 6.45) is 0. The van der Waals surface area contributed by atoms with E-state index in [1.807, 2.05) is 44.2 Å². The lowest BCUT2D eigenvalue weighted by molar-refractivity contribution is 0.191. The molecule has 1 rings (SSSR count). The summed E-state index contributed by atoms with van der Waals surface area (Å²) in [7, 11) is 0. The van der Waals surface area contributed by atoms with Gasteiger partial charge in [0.1, 0.15) is 5.84 Å². The number of hydrogen-bond donors (Lipinski definition) is 3. The quantitative estimate of drug-likeness (QED) is 0.545. The summed E-state index contributed by atoms with van der Waals surface area (Å²) in [5.41, 5.74) is 6.38. The molecule has 0 atom stereocenters. The van der Waals surface area contributed by atoms with Crippen LogP contribution in [-0.2, 0) is 6.54 Å². The minimum atomic E-state index is -0.205. The van der Waals surface area contributed by atoms with Crippen LogP contribution >= 0.6 is 0 Å². The van der Waals surface area contributed by atoms with Crippen LogP contribution in [0.15, 0.2) is 30.3 Å². The zero-order chi connectivity index (χ0) is 13.5. The first-order valence-electron chi connectivity index (χ1n) is 5.92. The second kappa shape index (κ2) is 6.64. The van der Waals surface area contributed by atoms with Crippen LogP contribution in [0.5, 0.6) is 0 Å². The molecule has 0 radical (unpaired) electrons. The Morgan fingerprint density at radius 3 is 2.50 bits per heavy atom. The number of nitrogens with two attached hydrogens (primary N) is 1. The topological polar surface area (TPSA) is 82.2 Å². The maximum atomic E-state index is 12.0. The first-order chi connectivity index (χ1) is 8.50. The summed E-state index contributed by atoms with van der Waals surface area (Å²) in [6, 6.07) is 9.49. The average Bonchev–Trinajstić information content (AvgIpc) is 2.34. The van der Waals surface area contributed by atoms with Gasteiger partial charge in [-0.15, -0.1) is 0 Å². The third-order valence-electron chi connectivity index (χ3n) is 2.51. The predicted molar refractivity (Wildman–Crippen MR) is 72.4 cm³/mol. The van der Waals surface area contributed by atoms with E-state index in [1.165, 1.54) is 4.90 Å². The third-order valence-corrected chi connectivity index (χ3v) is 2.51. The van der Waals surface area contributed by atoms with E-state index in [-0.39, 0.29) is 24.5 Å². The molecule has 0 aromatic heterocycles. The number of rotatable bonds is 5. The molecule has 5 nitrogen and oxygen atoms in total. The molecule has 1 aromatic rings. The molecule has 0 aliphatic carbocycles. The van der Waals surface area contributed by atoms with Crippen LogP contribution in [0.25, 0.3) is 0 Å². The summed E-state index contributed by atoms with van der Waals surface area (Å²) in [6.45, 7) is 4.41. The Morgan fingerprint density at radius 1 is 1.39 bits per heavy atom. The van der Waals surface area contributed by atoms with Crippen molar-refractivity contribution >= 4 is 11.9 Å². The number of amides is 2. The fourth-order valence-corrected chi connectivity index (χ4v) is 1.55. The molecule has 0 saturated carbocycles. The average molecular weight is 248 g/mol. The van der Waals surface area contributed by atoms with Crippen molar-refractivity contribution in [2.45, 2.75) is 26.4 Å². The van der Waals surface area contributed by atoms with Crippen LogP contribution in [0.2, 0.25) is 0 Å². The molecule has 0 aliphatic rings. The molecule has 1 aromatic carbocycles. The third kappa shape index (κ3) is 4.45. The van der Waals surface area contributed by atoms with Gasteiger partial charge in [0.05, 0.1) is 6.54 Å². The molecular formula is C13H20N4O. The molecule has 4 N–H and O–H groups in total. The summed E-state index contributed by atoms with van der Waals surface area (Å²) >= 11 is 0. The molecule has 2 amide bonds. The number of urea groups is 1. The van der Waals surface area contributed by atoms with Crippen LogP contribution in [0.1, 0.15) is 19.4 Å². The first-order valence-corrected chi connectivity index (χ1v) is 5.92. The Balaban J connectivity index is 2.54. The van der Waals surface area contributed by atoms with Gasteiger partial charge < -0.3 is 16.0 Å². The monoisotopic (exact) mass is 248 g/mol. The molecule has 0 spiro atoms.